The molecule has 0 radical (unpaired) electrons. The molecule has 7 nitrogen and oxygen atoms in total. The van der Waals surface area contributed by atoms with Gasteiger partial charge >= 0.3 is 0 Å². The summed E-state index contributed by atoms with van der Waals surface area (Å²) in [6.07, 6.45) is 0. The molecule has 2 N–H and O–H groups in total. The molecular weight excluding hydrogens is 493 g/mol. The molecule has 1 aliphatic heterocycles. The van der Waals surface area contributed by atoms with Gasteiger partial charge in [-0.2, -0.15) is 0 Å². The Bertz CT molecular complexity index is 1080. The lowest BCUT2D eigenvalue weighted by atomic mass is 9.84. The highest BCUT2D eigenvalue weighted by molar-refractivity contribution is 8.93. The van der Waals surface area contributed by atoms with E-state index in [1.807, 2.05) is 6.07 Å². The van der Waals surface area contributed by atoms with E-state index in [4.69, 9.17) is 19.6 Å². The van der Waals surface area contributed by atoms with Crippen molar-refractivity contribution in [2.24, 2.45) is 0 Å². The van der Waals surface area contributed by atoms with Crippen molar-refractivity contribution in [3.05, 3.63) is 46.3 Å². The van der Waals surface area contributed by atoms with E-state index in [-0.39, 0.29) is 64.2 Å². The lowest BCUT2D eigenvalue weighted by molar-refractivity contribution is 0.0962. The molecule has 1 aliphatic rings. The van der Waals surface area contributed by atoms with Gasteiger partial charge in [0, 0.05) is 24.7 Å². The molecule has 0 unspecified atom stereocenters. The normalized spacial score (nSPS) is 12.7. The van der Waals surface area contributed by atoms with Crippen molar-refractivity contribution in [1.29, 1.82) is 5.41 Å². The van der Waals surface area contributed by atoms with E-state index in [9.17, 15) is 9.18 Å². The Morgan fingerprint density at radius 2 is 1.76 bits per heavy atom. The largest absolute Gasteiger partial charge is 0.494 e. The van der Waals surface area contributed by atoms with E-state index in [0.717, 1.165) is 5.56 Å². The van der Waals surface area contributed by atoms with Gasteiger partial charge in [0.1, 0.15) is 11.6 Å². The van der Waals surface area contributed by atoms with Crippen molar-refractivity contribution < 1.29 is 23.4 Å². The Labute approximate surface area is 204 Å². The average molecular weight is 524 g/mol. The van der Waals surface area contributed by atoms with Gasteiger partial charge in [0.15, 0.2) is 23.1 Å². The Hall–Kier alpha value is -2.81. The molecule has 180 valence electrons. The number of halogens is 2. The minimum atomic E-state index is -0.654. The van der Waals surface area contributed by atoms with Gasteiger partial charge in [-0.1, -0.05) is 20.8 Å². The Kier molecular flexibility index (Phi) is 8.00. The summed E-state index contributed by atoms with van der Waals surface area (Å²) in [6, 6.07) is 5.23. The number of nitrogens with zero attached hydrogens (tertiary/aromatic N) is 1. The second-order valence-corrected chi connectivity index (χ2v) is 8.69. The van der Waals surface area contributed by atoms with E-state index in [1.165, 1.54) is 14.2 Å². The molecule has 0 fully saturated rings. The number of hydrogen-bond donors (Lipinski definition) is 2. The molecular formula is C24H31BrFN3O4. The first-order valence-corrected chi connectivity index (χ1v) is 10.3. The van der Waals surface area contributed by atoms with Crippen molar-refractivity contribution in [1.82, 2.24) is 4.90 Å². The fourth-order valence-corrected chi connectivity index (χ4v) is 3.98. The van der Waals surface area contributed by atoms with Crippen LogP contribution in [-0.2, 0) is 12.0 Å². The number of methoxy groups -OCH3 is 3. The van der Waals surface area contributed by atoms with Crippen molar-refractivity contribution in [3.8, 4) is 17.2 Å². The zero-order valence-corrected chi connectivity index (χ0v) is 21.7. The van der Waals surface area contributed by atoms with Crippen LogP contribution in [0.3, 0.4) is 0 Å². The molecule has 2 aromatic carbocycles. The highest BCUT2D eigenvalue weighted by Gasteiger charge is 2.33. The first-order chi connectivity index (χ1) is 15.1. The van der Waals surface area contributed by atoms with E-state index in [2.05, 4.69) is 26.1 Å². The Morgan fingerprint density at radius 3 is 2.27 bits per heavy atom. The van der Waals surface area contributed by atoms with Crippen molar-refractivity contribution in [2.75, 3.05) is 40.2 Å². The molecule has 0 amide bonds. The number of hydrogen-bond acceptors (Lipinski definition) is 6. The molecule has 9 heteroatoms. The van der Waals surface area contributed by atoms with Crippen LogP contribution in [0.15, 0.2) is 18.2 Å². The first-order valence-electron chi connectivity index (χ1n) is 10.3. The van der Waals surface area contributed by atoms with Gasteiger partial charge in [0.2, 0.25) is 0 Å². The average Bonchev–Trinajstić information content (AvgIpc) is 3.06. The minimum Gasteiger partial charge on any atom is -0.494 e. The zero-order chi connectivity index (χ0) is 23.8. The molecule has 0 atom stereocenters. The molecule has 33 heavy (non-hydrogen) atoms. The minimum absolute atomic E-state index is 0. The molecule has 0 bridgehead atoms. The number of fused-ring (bicyclic) bond motifs is 1. The fraction of sp³-hybridized carbons (Fsp3) is 0.417. The van der Waals surface area contributed by atoms with Gasteiger partial charge in [0.05, 0.1) is 39.1 Å². The van der Waals surface area contributed by atoms with E-state index >= 15 is 0 Å². The summed E-state index contributed by atoms with van der Waals surface area (Å²) in [4.78, 5) is 14.8. The van der Waals surface area contributed by atoms with Crippen LogP contribution < -0.4 is 19.5 Å². The molecule has 3 rings (SSSR count). The summed E-state index contributed by atoms with van der Waals surface area (Å²) in [5.74, 6) is 0.0239. The van der Waals surface area contributed by atoms with Gasteiger partial charge in [-0.15, -0.1) is 17.0 Å². The number of nitrogens with one attached hydrogen (secondary N) is 2. The second kappa shape index (κ2) is 9.99. The molecule has 0 aromatic heterocycles. The molecule has 0 spiro atoms. The third kappa shape index (κ3) is 4.78. The van der Waals surface area contributed by atoms with Gasteiger partial charge in [-0.05, 0) is 29.2 Å². The smallest absolute Gasteiger partial charge is 0.197 e. The van der Waals surface area contributed by atoms with Gasteiger partial charge in [-0.3, -0.25) is 10.2 Å². The van der Waals surface area contributed by atoms with Crippen LogP contribution in [0.5, 0.6) is 17.2 Å². The maximum Gasteiger partial charge on any atom is 0.197 e. The molecule has 0 saturated heterocycles. The third-order valence-corrected chi connectivity index (χ3v) is 5.63. The number of ketones is 1. The van der Waals surface area contributed by atoms with Crippen LogP contribution in [-0.4, -0.2) is 51.4 Å². The summed E-state index contributed by atoms with van der Waals surface area (Å²) in [5, 5.41) is 11.6. The second-order valence-electron chi connectivity index (χ2n) is 8.69. The highest BCUT2D eigenvalue weighted by atomic mass is 79.9. The number of ether oxygens (including phenoxy) is 3. The monoisotopic (exact) mass is 523 g/mol. The lowest BCUT2D eigenvalue weighted by Crippen LogP contribution is -2.30. The molecule has 0 aliphatic carbocycles. The Morgan fingerprint density at radius 1 is 1.12 bits per heavy atom. The summed E-state index contributed by atoms with van der Waals surface area (Å²) in [5.41, 5.74) is 2.58. The molecule has 0 saturated carbocycles. The van der Waals surface area contributed by atoms with Gasteiger partial charge in [-0.25, -0.2) is 4.39 Å². The number of Topliss-reactive ketones (excluding diaryl/α,β-unsaturated/α-hetero) is 1. The standard InChI is InChI=1S/C24H30FN3O4.BrH/c1-24(2,3)15-8-13(9-16(27-4)21(15)31-6)17(29)12-28-11-14-10-18(30-5)22(32-7)20(25)19(14)23(28)26;/h8-10,26-27H,11-12H2,1-7H3;1H. The topological polar surface area (TPSA) is 83.9 Å². The number of rotatable bonds is 7. The SMILES string of the molecule is Br.CNc1cc(C(=O)CN2Cc3cc(OC)c(OC)c(F)c3C2=N)cc(C(C)(C)C)c1OC. The van der Waals surface area contributed by atoms with E-state index in [1.54, 1.807) is 31.2 Å². The summed E-state index contributed by atoms with van der Waals surface area (Å²) in [7, 11) is 6.16. The third-order valence-electron chi connectivity index (χ3n) is 5.63. The van der Waals surface area contributed by atoms with Crippen molar-refractivity contribution in [2.45, 2.75) is 32.7 Å². The van der Waals surface area contributed by atoms with Crippen LogP contribution in [0.25, 0.3) is 0 Å². The van der Waals surface area contributed by atoms with Crippen molar-refractivity contribution in [3.63, 3.8) is 0 Å². The maximum atomic E-state index is 15.0. The summed E-state index contributed by atoms with van der Waals surface area (Å²) >= 11 is 0. The number of anilines is 1. The number of carbonyl (C=O) groups is 1. The van der Waals surface area contributed by atoms with Crippen LogP contribution in [0.1, 0.15) is 47.8 Å². The predicted octanol–water partition coefficient (Wildman–Crippen LogP) is 4.79. The number of amidine groups is 1. The van der Waals surface area contributed by atoms with E-state index in [0.29, 0.717) is 22.6 Å². The quantitative estimate of drug-likeness (QED) is 0.507. The van der Waals surface area contributed by atoms with Gasteiger partial charge < -0.3 is 24.4 Å². The van der Waals surface area contributed by atoms with Crippen LogP contribution in [0.2, 0.25) is 0 Å². The first kappa shape index (κ1) is 26.4. The van der Waals surface area contributed by atoms with Crippen LogP contribution in [0, 0.1) is 11.2 Å². The lowest BCUT2D eigenvalue weighted by Gasteiger charge is -2.25. The van der Waals surface area contributed by atoms with Crippen LogP contribution >= 0.6 is 17.0 Å². The molecule has 2 aromatic rings. The number of benzene rings is 2. The summed E-state index contributed by atoms with van der Waals surface area (Å²) < 4.78 is 30.9. The highest BCUT2D eigenvalue weighted by Crippen LogP contribution is 2.40. The fourth-order valence-electron chi connectivity index (χ4n) is 3.98. The van der Waals surface area contributed by atoms with Crippen LogP contribution in [0.4, 0.5) is 10.1 Å². The molecule has 1 heterocycles. The summed E-state index contributed by atoms with van der Waals surface area (Å²) in [6.45, 7) is 6.33. The Balaban J connectivity index is 0.00000385. The number of carbonyl (C=O) groups excluding carboxylic acids is 1. The zero-order valence-electron chi connectivity index (χ0n) is 20.0. The van der Waals surface area contributed by atoms with Crippen molar-refractivity contribution >= 4 is 34.3 Å². The van der Waals surface area contributed by atoms with Gasteiger partial charge in [0.25, 0.3) is 0 Å². The predicted molar refractivity (Wildman–Crippen MR) is 133 cm³/mol. The maximum absolute atomic E-state index is 15.0. The van der Waals surface area contributed by atoms with E-state index < -0.39 is 5.82 Å².